The van der Waals surface area contributed by atoms with Crippen LogP contribution in [0.25, 0.3) is 0 Å². The van der Waals surface area contributed by atoms with E-state index in [0.29, 0.717) is 11.4 Å². The van der Waals surface area contributed by atoms with Crippen LogP contribution in [0.5, 0.6) is 5.75 Å². The number of amides is 1. The fourth-order valence-electron chi connectivity index (χ4n) is 3.90. The Hall–Kier alpha value is -3.35. The maximum Gasteiger partial charge on any atom is 0.573 e. The molecular weight excluding hydrogens is 506 g/mol. The molecule has 2 aromatic carbocycles. The second-order valence-electron chi connectivity index (χ2n) is 9.45. The number of ether oxygens (including phenoxy) is 1. The van der Waals surface area contributed by atoms with Crippen LogP contribution < -0.4 is 26.0 Å². The summed E-state index contributed by atoms with van der Waals surface area (Å²) in [5.41, 5.74) is 6.17. The fourth-order valence-corrected chi connectivity index (χ4v) is 3.90. The van der Waals surface area contributed by atoms with E-state index in [1.54, 1.807) is 24.8 Å². The molecule has 204 valence electrons. The number of aliphatic hydroxyl groups is 1. The van der Waals surface area contributed by atoms with Crippen LogP contribution in [0.2, 0.25) is 0 Å². The lowest BCUT2D eigenvalue weighted by Crippen LogP contribution is -2.40. The third-order valence-electron chi connectivity index (χ3n) is 5.77. The minimum atomic E-state index is -4.86. The Kier molecular flexibility index (Phi) is 8.06. The Labute approximate surface area is 209 Å². The molecule has 1 heterocycles. The second kappa shape index (κ2) is 10.6. The molecule has 1 amide bonds. The van der Waals surface area contributed by atoms with Gasteiger partial charge in [-0.1, -0.05) is 0 Å². The standard InChI is InChI=1S/C24H28F6N4O3/c1-22(2,36)13-32-19-12-20(34-9-7-14(8-10-34)23(25,26)27)17(11-18(19)31)21(35)33-15-3-5-16(6-4-15)37-24(28,29)30/h3-6,11-12,14,32,36H,7-10,13,31H2,1-2H3,(H,33,35). The monoisotopic (exact) mass is 534 g/mol. The highest BCUT2D eigenvalue weighted by molar-refractivity contribution is 6.09. The Balaban J connectivity index is 1.87. The van der Waals surface area contributed by atoms with Crippen molar-refractivity contribution in [2.75, 3.05) is 40.9 Å². The average Bonchev–Trinajstić information content (AvgIpc) is 2.77. The highest BCUT2D eigenvalue weighted by Gasteiger charge is 2.41. The van der Waals surface area contributed by atoms with Crippen molar-refractivity contribution in [2.45, 2.75) is 44.8 Å². The van der Waals surface area contributed by atoms with E-state index in [9.17, 15) is 36.2 Å². The molecule has 0 radical (unpaired) electrons. The Morgan fingerprint density at radius 2 is 1.68 bits per heavy atom. The number of nitrogens with two attached hydrogens (primary N) is 1. The molecule has 0 aliphatic carbocycles. The molecule has 3 rings (SSSR count). The summed E-state index contributed by atoms with van der Waals surface area (Å²) in [5.74, 6) is -2.57. The first-order valence-electron chi connectivity index (χ1n) is 11.4. The highest BCUT2D eigenvalue weighted by Crippen LogP contribution is 2.38. The summed E-state index contributed by atoms with van der Waals surface area (Å²) in [4.78, 5) is 14.8. The van der Waals surface area contributed by atoms with Gasteiger partial charge in [0, 0.05) is 25.3 Å². The highest BCUT2D eigenvalue weighted by atomic mass is 19.4. The molecule has 0 unspecified atom stereocenters. The molecule has 7 nitrogen and oxygen atoms in total. The van der Waals surface area contributed by atoms with Crippen LogP contribution in [-0.4, -0.2) is 48.8 Å². The van der Waals surface area contributed by atoms with Gasteiger partial charge >= 0.3 is 12.5 Å². The van der Waals surface area contributed by atoms with Crippen LogP contribution in [0.3, 0.4) is 0 Å². The molecular formula is C24H28F6N4O3. The predicted molar refractivity (Wildman–Crippen MR) is 128 cm³/mol. The van der Waals surface area contributed by atoms with E-state index in [1.807, 2.05) is 0 Å². The first-order chi connectivity index (χ1) is 17.0. The molecule has 2 aromatic rings. The van der Waals surface area contributed by atoms with Gasteiger partial charge in [-0.05, 0) is 63.1 Å². The lowest BCUT2D eigenvalue weighted by molar-refractivity contribution is -0.274. The van der Waals surface area contributed by atoms with Gasteiger partial charge in [-0.15, -0.1) is 13.2 Å². The molecule has 0 saturated carbocycles. The molecule has 0 aromatic heterocycles. The molecule has 37 heavy (non-hydrogen) atoms. The Morgan fingerprint density at radius 3 is 2.19 bits per heavy atom. The molecule has 0 atom stereocenters. The molecule has 1 saturated heterocycles. The Bertz CT molecular complexity index is 1090. The van der Waals surface area contributed by atoms with Crippen molar-refractivity contribution < 1.29 is 41.0 Å². The Morgan fingerprint density at radius 1 is 1.08 bits per heavy atom. The van der Waals surface area contributed by atoms with Gasteiger partial charge in [-0.25, -0.2) is 0 Å². The largest absolute Gasteiger partial charge is 0.573 e. The van der Waals surface area contributed by atoms with Gasteiger partial charge in [-0.2, -0.15) is 13.2 Å². The number of nitrogen functional groups attached to an aromatic ring is 1. The molecule has 1 aliphatic rings. The number of hydrogen-bond acceptors (Lipinski definition) is 6. The van der Waals surface area contributed by atoms with Crippen molar-refractivity contribution in [3.05, 3.63) is 42.0 Å². The number of carbonyl (C=O) groups excluding carboxylic acids is 1. The summed E-state index contributed by atoms with van der Waals surface area (Å²) in [6.07, 6.45) is -9.48. The minimum Gasteiger partial charge on any atom is -0.406 e. The number of piperidine rings is 1. The van der Waals surface area contributed by atoms with Gasteiger partial charge < -0.3 is 31.1 Å². The van der Waals surface area contributed by atoms with Crippen LogP contribution in [0, 0.1) is 5.92 Å². The van der Waals surface area contributed by atoms with Crippen LogP contribution in [0.4, 0.5) is 49.1 Å². The van der Waals surface area contributed by atoms with E-state index in [2.05, 4.69) is 15.4 Å². The van der Waals surface area contributed by atoms with E-state index in [-0.39, 0.29) is 49.4 Å². The van der Waals surface area contributed by atoms with Crippen molar-refractivity contribution in [3.63, 3.8) is 0 Å². The quantitative estimate of drug-likeness (QED) is 0.281. The molecule has 1 fully saturated rings. The number of nitrogens with zero attached hydrogens (tertiary/aromatic N) is 1. The van der Waals surface area contributed by atoms with Crippen molar-refractivity contribution in [3.8, 4) is 5.75 Å². The summed E-state index contributed by atoms with van der Waals surface area (Å²) in [6.45, 7) is 3.36. The predicted octanol–water partition coefficient (Wildman–Crippen LogP) is 5.38. The summed E-state index contributed by atoms with van der Waals surface area (Å²) in [6, 6.07) is 7.42. The van der Waals surface area contributed by atoms with Crippen LogP contribution >= 0.6 is 0 Å². The molecule has 13 heteroatoms. The number of anilines is 4. The van der Waals surface area contributed by atoms with Crippen LogP contribution in [0.15, 0.2) is 36.4 Å². The SMILES string of the molecule is CC(C)(O)CNc1cc(N2CCC(C(F)(F)F)CC2)c(C(=O)Nc2ccc(OC(F)(F)F)cc2)cc1N. The number of nitrogens with one attached hydrogen (secondary N) is 2. The van der Waals surface area contributed by atoms with Crippen molar-refractivity contribution in [1.82, 2.24) is 0 Å². The lowest BCUT2D eigenvalue weighted by Gasteiger charge is -2.35. The van der Waals surface area contributed by atoms with Crippen molar-refractivity contribution in [1.29, 1.82) is 0 Å². The summed E-state index contributed by atoms with van der Waals surface area (Å²) < 4.78 is 80.5. The number of hydrogen-bond donors (Lipinski definition) is 4. The van der Waals surface area contributed by atoms with E-state index in [1.165, 1.54) is 18.2 Å². The van der Waals surface area contributed by atoms with Gasteiger partial charge in [0.05, 0.1) is 34.1 Å². The third-order valence-corrected chi connectivity index (χ3v) is 5.77. The van der Waals surface area contributed by atoms with Gasteiger partial charge in [0.2, 0.25) is 0 Å². The maximum absolute atomic E-state index is 13.2. The minimum absolute atomic E-state index is 0.0444. The van der Waals surface area contributed by atoms with Gasteiger partial charge in [0.15, 0.2) is 0 Å². The second-order valence-corrected chi connectivity index (χ2v) is 9.45. The zero-order valence-corrected chi connectivity index (χ0v) is 20.1. The van der Waals surface area contributed by atoms with E-state index in [0.717, 1.165) is 12.1 Å². The van der Waals surface area contributed by atoms with Crippen molar-refractivity contribution in [2.24, 2.45) is 5.92 Å². The summed E-state index contributed by atoms with van der Waals surface area (Å²) in [7, 11) is 0. The van der Waals surface area contributed by atoms with E-state index in [4.69, 9.17) is 5.73 Å². The zero-order chi connectivity index (χ0) is 27.6. The summed E-state index contributed by atoms with van der Waals surface area (Å²) in [5, 5.41) is 15.6. The number of alkyl halides is 6. The van der Waals surface area contributed by atoms with E-state index >= 15 is 0 Å². The fraction of sp³-hybridized carbons (Fsp3) is 0.458. The molecule has 0 bridgehead atoms. The third kappa shape index (κ3) is 8.07. The zero-order valence-electron chi connectivity index (χ0n) is 20.1. The smallest absolute Gasteiger partial charge is 0.406 e. The molecule has 0 spiro atoms. The first kappa shape index (κ1) is 28.2. The van der Waals surface area contributed by atoms with Gasteiger partial charge in [-0.3, -0.25) is 4.79 Å². The lowest BCUT2D eigenvalue weighted by atomic mass is 9.95. The summed E-state index contributed by atoms with van der Waals surface area (Å²) >= 11 is 0. The maximum atomic E-state index is 13.2. The number of rotatable bonds is 7. The number of halogens is 6. The van der Waals surface area contributed by atoms with Gasteiger partial charge in [0.1, 0.15) is 5.75 Å². The van der Waals surface area contributed by atoms with Crippen LogP contribution in [0.1, 0.15) is 37.0 Å². The van der Waals surface area contributed by atoms with Crippen LogP contribution in [-0.2, 0) is 0 Å². The molecule has 5 N–H and O–H groups in total. The molecule has 1 aliphatic heterocycles. The first-order valence-corrected chi connectivity index (χ1v) is 11.4. The number of carbonyl (C=O) groups is 1. The average molecular weight is 535 g/mol. The normalized spacial score (nSPS) is 15.4. The van der Waals surface area contributed by atoms with E-state index < -0.39 is 35.7 Å². The van der Waals surface area contributed by atoms with Crippen molar-refractivity contribution >= 4 is 28.7 Å². The topological polar surface area (TPSA) is 99.8 Å². The number of benzene rings is 2. The van der Waals surface area contributed by atoms with Gasteiger partial charge in [0.25, 0.3) is 5.91 Å².